The molecule has 13 nitrogen and oxygen atoms in total. The predicted octanol–water partition coefficient (Wildman–Crippen LogP) is 5.43. The number of anilines is 3. The van der Waals surface area contributed by atoms with Crippen LogP contribution in [0.25, 0.3) is 0 Å². The summed E-state index contributed by atoms with van der Waals surface area (Å²) in [5.41, 5.74) is -2.54. The first kappa shape index (κ1) is 43.7. The number of carbonyl (C=O) groups is 4. The maximum atomic E-state index is 14.3. The molecule has 6 rings (SSSR count). The molecule has 2 atom stereocenters. The number of carbonyl (C=O) groups excluding carboxylic acids is 4. The van der Waals surface area contributed by atoms with E-state index in [1.165, 1.54) is 6.07 Å². The van der Waals surface area contributed by atoms with Gasteiger partial charge >= 0.3 is 12.4 Å². The molecule has 0 radical (unpaired) electrons. The van der Waals surface area contributed by atoms with Crippen molar-refractivity contribution in [1.82, 2.24) is 25.0 Å². The number of halogens is 6. The molecule has 3 N–H and O–H groups in total. The number of imide groups is 1. The van der Waals surface area contributed by atoms with Crippen molar-refractivity contribution in [2.24, 2.45) is 5.92 Å². The van der Waals surface area contributed by atoms with E-state index in [0.717, 1.165) is 35.3 Å². The second-order valence-corrected chi connectivity index (χ2v) is 16.3. The van der Waals surface area contributed by atoms with Crippen LogP contribution in [0.4, 0.5) is 43.4 Å². The summed E-state index contributed by atoms with van der Waals surface area (Å²) in [5.74, 6) is -1.65. The van der Waals surface area contributed by atoms with Crippen LogP contribution in [0.2, 0.25) is 0 Å². The lowest BCUT2D eigenvalue weighted by atomic mass is 9.82. The summed E-state index contributed by atoms with van der Waals surface area (Å²) < 4.78 is 84.0. The van der Waals surface area contributed by atoms with Crippen molar-refractivity contribution in [2.45, 2.75) is 101 Å². The first-order chi connectivity index (χ1) is 27.8. The quantitative estimate of drug-likeness (QED) is 0.151. The number of alkyl halides is 6. The number of pyridine rings is 1. The third-order valence-corrected chi connectivity index (χ3v) is 11.9. The van der Waals surface area contributed by atoms with Gasteiger partial charge in [0.15, 0.2) is 10.8 Å². The van der Waals surface area contributed by atoms with Crippen molar-refractivity contribution in [3.05, 3.63) is 47.8 Å². The summed E-state index contributed by atoms with van der Waals surface area (Å²) in [6.07, 6.45) is -3.61. The molecule has 59 heavy (non-hydrogen) atoms. The summed E-state index contributed by atoms with van der Waals surface area (Å²) in [7, 11) is 0. The molecule has 318 valence electrons. The number of nitriles is 1. The number of amides is 4. The van der Waals surface area contributed by atoms with E-state index in [2.05, 4.69) is 20.9 Å². The van der Waals surface area contributed by atoms with E-state index in [1.807, 2.05) is 0 Å². The molecule has 4 fully saturated rings. The summed E-state index contributed by atoms with van der Waals surface area (Å²) in [4.78, 5) is 59.5. The van der Waals surface area contributed by atoms with Gasteiger partial charge in [0.2, 0.25) is 17.7 Å². The van der Waals surface area contributed by atoms with Crippen LogP contribution >= 0.6 is 12.2 Å². The summed E-state index contributed by atoms with van der Waals surface area (Å²) >= 11 is 5.68. The normalized spacial score (nSPS) is 24.5. The molecule has 4 heterocycles. The number of benzene rings is 1. The second kappa shape index (κ2) is 17.4. The minimum absolute atomic E-state index is 0.0388. The average Bonchev–Trinajstić information content (AvgIpc) is 3.34. The number of aromatic nitrogens is 1. The fourth-order valence-electron chi connectivity index (χ4n) is 8.51. The van der Waals surface area contributed by atoms with Gasteiger partial charge in [0.1, 0.15) is 23.7 Å². The van der Waals surface area contributed by atoms with Crippen LogP contribution in [0.15, 0.2) is 36.5 Å². The standard InChI is InChI=1S/C39H45F6N9O4S/c1-37(2)35(58)53(27-18-28(38(40,41)42)30(19-46)47-20-27)36(59)54(37)26-10-8-23(9-11-26)5-4-14-51-15-16-52(31(21-51)39(43,44)45)22-33(56)49-25-7-3-6-24(17-25)48-29-12-13-32(55)50-34(29)57/h3,6-7,17-18,20,23,26,29,31,48H,4-5,8-16,21-22H2,1-2H3,(H,49,56)(H,50,55,57)/t23-,26-,29?,31?. The fourth-order valence-corrected chi connectivity index (χ4v) is 9.08. The zero-order valence-electron chi connectivity index (χ0n) is 32.5. The lowest BCUT2D eigenvalue weighted by Crippen LogP contribution is -2.60. The van der Waals surface area contributed by atoms with Gasteiger partial charge in [-0.15, -0.1) is 0 Å². The van der Waals surface area contributed by atoms with Crippen LogP contribution in [0.1, 0.15) is 76.5 Å². The molecule has 0 spiro atoms. The Labute approximate surface area is 342 Å². The van der Waals surface area contributed by atoms with E-state index in [-0.39, 0.29) is 48.2 Å². The molecule has 2 aromatic rings. The number of thiocarbonyl (C=S) groups is 1. The molecular weight excluding hydrogens is 805 g/mol. The van der Waals surface area contributed by atoms with E-state index < -0.39 is 65.5 Å². The van der Waals surface area contributed by atoms with Crippen molar-refractivity contribution >= 4 is 58.0 Å². The maximum absolute atomic E-state index is 14.3. The fraction of sp³-hybridized carbons (Fsp3) is 0.564. The molecule has 1 aromatic carbocycles. The lowest BCUT2D eigenvalue weighted by molar-refractivity contribution is -0.197. The van der Waals surface area contributed by atoms with Crippen molar-refractivity contribution in [3.8, 4) is 6.07 Å². The highest BCUT2D eigenvalue weighted by atomic mass is 32.1. The minimum Gasteiger partial charge on any atom is -0.374 e. The number of hydrogen-bond acceptors (Lipinski definition) is 10. The average molecular weight is 850 g/mol. The van der Waals surface area contributed by atoms with Crippen molar-refractivity contribution < 1.29 is 45.5 Å². The molecule has 20 heteroatoms. The lowest BCUT2D eigenvalue weighted by Gasteiger charge is -2.42. The van der Waals surface area contributed by atoms with Crippen molar-refractivity contribution in [1.29, 1.82) is 5.26 Å². The number of piperazine rings is 1. The number of hydrogen-bond donors (Lipinski definition) is 3. The largest absolute Gasteiger partial charge is 0.419 e. The van der Waals surface area contributed by atoms with E-state index in [9.17, 15) is 45.5 Å². The Morgan fingerprint density at radius 1 is 1.03 bits per heavy atom. The van der Waals surface area contributed by atoms with Gasteiger partial charge < -0.3 is 20.4 Å². The third-order valence-electron chi connectivity index (χ3n) is 11.6. The molecule has 4 amide bonds. The zero-order valence-corrected chi connectivity index (χ0v) is 33.3. The highest BCUT2D eigenvalue weighted by molar-refractivity contribution is 7.80. The number of piperidine rings is 1. The van der Waals surface area contributed by atoms with Gasteiger partial charge in [-0.3, -0.25) is 34.3 Å². The highest BCUT2D eigenvalue weighted by Gasteiger charge is 2.53. The van der Waals surface area contributed by atoms with Crippen molar-refractivity contribution in [2.75, 3.05) is 48.3 Å². The molecule has 0 bridgehead atoms. The Morgan fingerprint density at radius 3 is 2.41 bits per heavy atom. The monoisotopic (exact) mass is 849 g/mol. The van der Waals surface area contributed by atoms with E-state index in [4.69, 9.17) is 17.5 Å². The minimum atomic E-state index is -4.86. The smallest absolute Gasteiger partial charge is 0.374 e. The molecule has 3 aliphatic heterocycles. The first-order valence-corrected chi connectivity index (χ1v) is 19.9. The van der Waals surface area contributed by atoms with Gasteiger partial charge in [-0.05, 0) is 108 Å². The van der Waals surface area contributed by atoms with Crippen LogP contribution in [-0.4, -0.2) is 111 Å². The Kier molecular flexibility index (Phi) is 12.9. The molecule has 1 saturated carbocycles. The first-order valence-electron chi connectivity index (χ1n) is 19.4. The SMILES string of the molecule is CC1(C)C(=O)N(c2cnc(C#N)c(C(F)(F)F)c2)C(=S)N1[C@H]1CC[C@H](CCCN2CCN(CC(=O)Nc3cccc(NC4CCC(=O)NC4=O)c3)C(C(F)(F)F)C2)CC1. The number of nitrogens with zero attached hydrogens (tertiary/aromatic N) is 6. The Balaban J connectivity index is 0.971. The third kappa shape index (κ3) is 9.95. The van der Waals surface area contributed by atoms with Crippen molar-refractivity contribution in [3.63, 3.8) is 0 Å². The van der Waals surface area contributed by atoms with E-state index in [0.29, 0.717) is 56.2 Å². The number of nitrogens with one attached hydrogen (secondary N) is 3. The summed E-state index contributed by atoms with van der Waals surface area (Å²) in [5, 5.41) is 17.1. The topological polar surface area (TPSA) is 154 Å². The molecule has 1 aromatic heterocycles. The predicted molar refractivity (Wildman–Crippen MR) is 208 cm³/mol. The number of rotatable bonds is 11. The van der Waals surface area contributed by atoms with Crippen LogP contribution in [0.5, 0.6) is 0 Å². The van der Waals surface area contributed by atoms with Gasteiger partial charge in [0.05, 0.1) is 24.0 Å². The van der Waals surface area contributed by atoms with Crippen LogP contribution < -0.4 is 20.9 Å². The second-order valence-electron chi connectivity index (χ2n) is 16.0. The Hall–Kier alpha value is -4.87. The summed E-state index contributed by atoms with van der Waals surface area (Å²) in [6, 6.07) is 5.97. The zero-order chi connectivity index (χ0) is 42.9. The van der Waals surface area contributed by atoms with E-state index >= 15 is 0 Å². The molecule has 4 aliphatic rings. The van der Waals surface area contributed by atoms with Gasteiger partial charge in [0, 0.05) is 43.5 Å². The van der Waals surface area contributed by atoms with Crippen LogP contribution in [0.3, 0.4) is 0 Å². The van der Waals surface area contributed by atoms with Gasteiger partial charge in [0.25, 0.3) is 5.91 Å². The Morgan fingerprint density at radius 2 is 1.75 bits per heavy atom. The highest BCUT2D eigenvalue weighted by Crippen LogP contribution is 2.41. The molecular formula is C39H45F6N9O4S. The van der Waals surface area contributed by atoms with E-state index in [1.54, 1.807) is 47.9 Å². The Bertz CT molecular complexity index is 2000. The van der Waals surface area contributed by atoms with Crippen LogP contribution in [-0.2, 0) is 25.4 Å². The van der Waals surface area contributed by atoms with Gasteiger partial charge in [-0.2, -0.15) is 31.6 Å². The molecule has 2 unspecified atom stereocenters. The summed E-state index contributed by atoms with van der Waals surface area (Å²) in [6.45, 7) is 3.43. The maximum Gasteiger partial charge on any atom is 0.419 e. The van der Waals surface area contributed by atoms with Gasteiger partial charge in [-0.1, -0.05) is 6.07 Å². The van der Waals surface area contributed by atoms with Gasteiger partial charge in [-0.25, -0.2) is 4.98 Å². The van der Waals surface area contributed by atoms with Crippen LogP contribution in [0, 0.1) is 17.2 Å². The molecule has 1 aliphatic carbocycles. The molecule has 3 saturated heterocycles.